The molecule has 80 valence electrons. The van der Waals surface area contributed by atoms with Crippen molar-refractivity contribution in [1.82, 2.24) is 9.88 Å². The number of amides is 1. The smallest absolute Gasteiger partial charge is 0.297 e. The van der Waals surface area contributed by atoms with Crippen molar-refractivity contribution in [3.8, 4) is 0 Å². The number of aryl methyl sites for hydroxylation is 1. The van der Waals surface area contributed by atoms with Crippen molar-refractivity contribution in [2.24, 2.45) is 4.99 Å². The van der Waals surface area contributed by atoms with Gasteiger partial charge in [0.15, 0.2) is 0 Å². The summed E-state index contributed by atoms with van der Waals surface area (Å²) >= 11 is 3.29. The molecule has 0 bridgehead atoms. The first-order valence-corrected chi connectivity index (χ1v) is 5.17. The highest BCUT2D eigenvalue weighted by Crippen LogP contribution is 2.13. The van der Waals surface area contributed by atoms with Gasteiger partial charge in [-0.3, -0.25) is 4.79 Å². The molecule has 4 nitrogen and oxygen atoms in total. The molecule has 0 spiro atoms. The zero-order chi connectivity index (χ0) is 11.4. The second kappa shape index (κ2) is 5.02. The van der Waals surface area contributed by atoms with E-state index in [0.717, 1.165) is 10.0 Å². The van der Waals surface area contributed by atoms with Gasteiger partial charge >= 0.3 is 0 Å². The third-order valence-corrected chi connectivity index (χ3v) is 2.09. The number of rotatable bonds is 2. The molecule has 1 heterocycles. The molecule has 0 aliphatic heterocycles. The summed E-state index contributed by atoms with van der Waals surface area (Å²) < 4.78 is 0.855. The maximum absolute atomic E-state index is 11.6. The summed E-state index contributed by atoms with van der Waals surface area (Å²) in [6, 6.07) is 1.84. The fourth-order valence-electron chi connectivity index (χ4n) is 0.993. The monoisotopic (exact) mass is 269 g/mol. The molecule has 15 heavy (non-hydrogen) atoms. The number of carbonyl (C=O) groups excluding carboxylic acids is 1. The van der Waals surface area contributed by atoms with Crippen LogP contribution < -0.4 is 0 Å². The van der Waals surface area contributed by atoms with E-state index in [0.29, 0.717) is 5.69 Å². The summed E-state index contributed by atoms with van der Waals surface area (Å²) in [4.78, 5) is 21.1. The summed E-state index contributed by atoms with van der Waals surface area (Å²) in [7, 11) is 3.61. The lowest BCUT2D eigenvalue weighted by molar-refractivity contribution is 0.0997. The molecule has 0 atom stereocenters. The molecule has 0 aromatic carbocycles. The van der Waals surface area contributed by atoms with Gasteiger partial charge in [-0.05, 0) is 34.5 Å². The molecule has 1 rings (SSSR count). The standard InChI is InChI=1S/C10H12BrN3O/c1-7-4-8(11)5-12-9(7)10(15)13-6-14(2)3/h4-6H,1-3H3/b13-6+. The summed E-state index contributed by atoms with van der Waals surface area (Å²) in [5, 5.41) is 0. The van der Waals surface area contributed by atoms with Gasteiger partial charge in [-0.2, -0.15) is 4.99 Å². The normalized spacial score (nSPS) is 10.7. The van der Waals surface area contributed by atoms with Crippen molar-refractivity contribution in [2.75, 3.05) is 14.1 Å². The number of pyridine rings is 1. The molecular weight excluding hydrogens is 258 g/mol. The Kier molecular flexibility index (Phi) is 3.96. The van der Waals surface area contributed by atoms with E-state index in [1.165, 1.54) is 6.34 Å². The molecule has 1 aromatic rings. The average molecular weight is 270 g/mol. The molecule has 0 N–H and O–H groups in total. The van der Waals surface area contributed by atoms with E-state index >= 15 is 0 Å². The molecule has 0 saturated heterocycles. The number of carbonyl (C=O) groups is 1. The fourth-order valence-corrected chi connectivity index (χ4v) is 1.44. The number of nitrogens with zero attached hydrogens (tertiary/aromatic N) is 3. The van der Waals surface area contributed by atoms with Gasteiger partial charge in [0, 0.05) is 24.8 Å². The predicted octanol–water partition coefficient (Wildman–Crippen LogP) is 1.88. The third kappa shape index (κ3) is 3.43. The number of aliphatic imine (C=N–C) groups is 1. The van der Waals surface area contributed by atoms with E-state index in [9.17, 15) is 4.79 Å². The topological polar surface area (TPSA) is 45.6 Å². The zero-order valence-corrected chi connectivity index (χ0v) is 10.4. The molecule has 0 aliphatic rings. The highest BCUT2D eigenvalue weighted by molar-refractivity contribution is 9.10. The Morgan fingerprint density at radius 1 is 1.60 bits per heavy atom. The van der Waals surface area contributed by atoms with Crippen LogP contribution in [0.5, 0.6) is 0 Å². The van der Waals surface area contributed by atoms with Crippen molar-refractivity contribution in [3.05, 3.63) is 28.0 Å². The highest BCUT2D eigenvalue weighted by atomic mass is 79.9. The number of aromatic nitrogens is 1. The second-order valence-electron chi connectivity index (χ2n) is 3.33. The van der Waals surface area contributed by atoms with Gasteiger partial charge in [-0.1, -0.05) is 0 Å². The van der Waals surface area contributed by atoms with E-state index in [1.807, 2.05) is 13.0 Å². The molecule has 1 aromatic heterocycles. The number of halogens is 1. The van der Waals surface area contributed by atoms with Gasteiger partial charge in [-0.25, -0.2) is 4.98 Å². The SMILES string of the molecule is Cc1cc(Br)cnc1C(=O)/N=C/N(C)C. The molecule has 0 unspecified atom stereocenters. The summed E-state index contributed by atoms with van der Waals surface area (Å²) in [5.74, 6) is -0.325. The molecule has 5 heteroatoms. The highest BCUT2D eigenvalue weighted by Gasteiger charge is 2.08. The van der Waals surface area contributed by atoms with Crippen LogP contribution >= 0.6 is 15.9 Å². The Morgan fingerprint density at radius 2 is 2.27 bits per heavy atom. The van der Waals surface area contributed by atoms with Crippen molar-refractivity contribution >= 4 is 28.2 Å². The first-order valence-electron chi connectivity index (χ1n) is 4.38. The van der Waals surface area contributed by atoms with Crippen molar-refractivity contribution in [3.63, 3.8) is 0 Å². The van der Waals surface area contributed by atoms with Crippen LogP contribution in [-0.2, 0) is 0 Å². The molecule has 1 amide bonds. The van der Waals surface area contributed by atoms with Crippen LogP contribution in [0.1, 0.15) is 16.1 Å². The van der Waals surface area contributed by atoms with Crippen LogP contribution in [-0.4, -0.2) is 36.2 Å². The number of hydrogen-bond acceptors (Lipinski definition) is 2. The summed E-state index contributed by atoms with van der Waals surface area (Å²) in [5.41, 5.74) is 1.20. The van der Waals surface area contributed by atoms with Crippen LogP contribution in [0.15, 0.2) is 21.7 Å². The van der Waals surface area contributed by atoms with Gasteiger partial charge in [0.2, 0.25) is 0 Å². The Balaban J connectivity index is 2.92. The first kappa shape index (κ1) is 11.8. The Hall–Kier alpha value is -1.23. The lowest BCUT2D eigenvalue weighted by Gasteiger charge is -2.03. The summed E-state index contributed by atoms with van der Waals surface area (Å²) in [6.07, 6.45) is 3.05. The molecule has 0 fully saturated rings. The second-order valence-corrected chi connectivity index (χ2v) is 4.25. The molecule has 0 aliphatic carbocycles. The van der Waals surface area contributed by atoms with Crippen molar-refractivity contribution in [1.29, 1.82) is 0 Å². The van der Waals surface area contributed by atoms with Crippen LogP contribution in [0.3, 0.4) is 0 Å². The third-order valence-electron chi connectivity index (χ3n) is 1.65. The minimum absolute atomic E-state index is 0.325. The van der Waals surface area contributed by atoms with Gasteiger partial charge < -0.3 is 4.90 Å². The van der Waals surface area contributed by atoms with Crippen molar-refractivity contribution < 1.29 is 4.79 Å². The lowest BCUT2D eigenvalue weighted by atomic mass is 10.2. The zero-order valence-electron chi connectivity index (χ0n) is 8.86. The molecule has 0 saturated carbocycles. The van der Waals surface area contributed by atoms with Crippen molar-refractivity contribution in [2.45, 2.75) is 6.92 Å². The van der Waals surface area contributed by atoms with E-state index in [4.69, 9.17) is 0 Å². The van der Waals surface area contributed by atoms with Gasteiger partial charge in [0.05, 0.1) is 6.34 Å². The van der Waals surface area contributed by atoms with Gasteiger partial charge in [0.25, 0.3) is 5.91 Å². The van der Waals surface area contributed by atoms with Crippen LogP contribution in [0.4, 0.5) is 0 Å². The largest absolute Gasteiger partial charge is 0.369 e. The quantitative estimate of drug-likeness (QED) is 0.609. The van der Waals surface area contributed by atoms with Gasteiger partial charge in [-0.15, -0.1) is 0 Å². The maximum atomic E-state index is 11.6. The van der Waals surface area contributed by atoms with E-state index < -0.39 is 0 Å². The predicted molar refractivity (Wildman–Crippen MR) is 63.2 cm³/mol. The average Bonchev–Trinajstić information content (AvgIpc) is 2.14. The van der Waals surface area contributed by atoms with E-state index in [1.54, 1.807) is 25.2 Å². The molecule has 0 radical (unpaired) electrons. The minimum Gasteiger partial charge on any atom is -0.369 e. The van der Waals surface area contributed by atoms with Crippen LogP contribution in [0, 0.1) is 6.92 Å². The fraction of sp³-hybridized carbons (Fsp3) is 0.300. The Bertz CT molecular complexity index is 402. The van der Waals surface area contributed by atoms with Crippen LogP contribution in [0.25, 0.3) is 0 Å². The lowest BCUT2D eigenvalue weighted by Crippen LogP contribution is -2.11. The Labute approximate surface area is 97.2 Å². The van der Waals surface area contributed by atoms with Crippen LogP contribution in [0.2, 0.25) is 0 Å². The minimum atomic E-state index is -0.325. The van der Waals surface area contributed by atoms with E-state index in [2.05, 4.69) is 25.9 Å². The first-order chi connectivity index (χ1) is 7.00. The number of hydrogen-bond donors (Lipinski definition) is 0. The van der Waals surface area contributed by atoms with E-state index in [-0.39, 0.29) is 5.91 Å². The molecular formula is C10H12BrN3O. The summed E-state index contributed by atoms with van der Waals surface area (Å²) in [6.45, 7) is 1.83. The Morgan fingerprint density at radius 3 is 2.80 bits per heavy atom. The van der Waals surface area contributed by atoms with Gasteiger partial charge in [0.1, 0.15) is 5.69 Å². The maximum Gasteiger partial charge on any atom is 0.297 e.